The zero-order chi connectivity index (χ0) is 12.8. The highest BCUT2D eigenvalue weighted by molar-refractivity contribution is 6.30. The molecule has 0 heterocycles. The molecule has 0 aliphatic heterocycles. The number of nitriles is 1. The average Bonchev–Trinajstić information content (AvgIpc) is 2.27. The van der Waals surface area contributed by atoms with E-state index in [0.717, 1.165) is 5.56 Å². The molecule has 0 aromatic heterocycles. The number of hydrogen-bond donors (Lipinski definition) is 1. The summed E-state index contributed by atoms with van der Waals surface area (Å²) < 4.78 is 0. The Kier molecular flexibility index (Phi) is 4.99. The third-order valence-electron chi connectivity index (χ3n) is 2.41. The quantitative estimate of drug-likeness (QED) is 0.386. The Morgan fingerprint density at radius 1 is 1.35 bits per heavy atom. The van der Waals surface area contributed by atoms with E-state index in [9.17, 15) is 0 Å². The van der Waals surface area contributed by atoms with E-state index in [4.69, 9.17) is 16.9 Å². The number of hydrogen-bond acceptors (Lipinski definition) is 2. The summed E-state index contributed by atoms with van der Waals surface area (Å²) in [6.07, 6.45) is 1.87. The Labute approximate surface area is 107 Å². The molecule has 0 unspecified atom stereocenters. The lowest BCUT2D eigenvalue weighted by atomic mass is 9.97. The summed E-state index contributed by atoms with van der Waals surface area (Å²) in [5.74, 6) is 0.979. The summed E-state index contributed by atoms with van der Waals surface area (Å²) in [5.41, 5.74) is 1.10. The molecule has 1 atom stereocenters. The number of aliphatic imine (C=N–C) groups is 1. The van der Waals surface area contributed by atoms with Crippen molar-refractivity contribution in [3.8, 4) is 6.19 Å². The van der Waals surface area contributed by atoms with E-state index in [2.05, 4.69) is 24.2 Å². The Balaban J connectivity index is 2.98. The van der Waals surface area contributed by atoms with Crippen LogP contribution in [0, 0.1) is 17.4 Å². The van der Waals surface area contributed by atoms with Crippen molar-refractivity contribution in [3.05, 3.63) is 34.9 Å². The molecule has 0 aliphatic carbocycles. The number of halogens is 1. The predicted octanol–water partition coefficient (Wildman–Crippen LogP) is 3.53. The highest BCUT2D eigenvalue weighted by Gasteiger charge is 2.14. The topological polar surface area (TPSA) is 48.2 Å². The van der Waals surface area contributed by atoms with Crippen molar-refractivity contribution in [2.75, 3.05) is 0 Å². The van der Waals surface area contributed by atoms with Crippen molar-refractivity contribution in [2.24, 2.45) is 10.9 Å². The van der Waals surface area contributed by atoms with Crippen LogP contribution < -0.4 is 5.32 Å². The van der Waals surface area contributed by atoms with Crippen molar-refractivity contribution >= 4 is 17.4 Å². The molecule has 0 spiro atoms. The highest BCUT2D eigenvalue weighted by Crippen LogP contribution is 2.26. The second kappa shape index (κ2) is 6.27. The zero-order valence-corrected chi connectivity index (χ0v) is 11.0. The van der Waals surface area contributed by atoms with Gasteiger partial charge in [-0.1, -0.05) is 37.6 Å². The molecule has 0 saturated heterocycles. The summed E-state index contributed by atoms with van der Waals surface area (Å²) in [6.45, 7) is 5.99. The Bertz CT molecular complexity index is 429. The van der Waals surface area contributed by atoms with Crippen LogP contribution in [0.15, 0.2) is 29.3 Å². The van der Waals surface area contributed by atoms with Gasteiger partial charge in [-0.2, -0.15) is 5.26 Å². The van der Waals surface area contributed by atoms with Crippen LogP contribution in [0.4, 0.5) is 0 Å². The fraction of sp³-hybridized carbons (Fsp3) is 0.385. The monoisotopic (exact) mass is 249 g/mol. The molecular formula is C13H16ClN3. The molecule has 0 aliphatic rings. The second-order valence-corrected chi connectivity index (χ2v) is 4.63. The maximum absolute atomic E-state index is 8.54. The van der Waals surface area contributed by atoms with Crippen molar-refractivity contribution in [1.29, 1.82) is 5.26 Å². The fourth-order valence-electron chi connectivity index (χ4n) is 1.59. The molecule has 1 aromatic carbocycles. The van der Waals surface area contributed by atoms with Gasteiger partial charge in [-0.15, -0.1) is 0 Å². The molecule has 90 valence electrons. The van der Waals surface area contributed by atoms with E-state index in [1.807, 2.05) is 30.5 Å². The van der Waals surface area contributed by atoms with Gasteiger partial charge < -0.3 is 0 Å². The summed E-state index contributed by atoms with van der Waals surface area (Å²) in [5, 5.41) is 11.8. The van der Waals surface area contributed by atoms with E-state index >= 15 is 0 Å². The summed E-state index contributed by atoms with van der Waals surface area (Å²) >= 11 is 5.86. The molecule has 0 radical (unpaired) electrons. The Hall–Kier alpha value is -1.53. The molecule has 17 heavy (non-hydrogen) atoms. The van der Waals surface area contributed by atoms with Crippen LogP contribution in [0.3, 0.4) is 0 Å². The molecule has 1 aromatic rings. The lowest BCUT2D eigenvalue weighted by Crippen LogP contribution is -2.16. The van der Waals surface area contributed by atoms with E-state index in [-0.39, 0.29) is 6.04 Å². The highest BCUT2D eigenvalue weighted by atomic mass is 35.5. The Morgan fingerprint density at radius 3 is 2.41 bits per heavy atom. The molecule has 0 amide bonds. The van der Waals surface area contributed by atoms with Gasteiger partial charge in [0.15, 0.2) is 6.19 Å². The number of benzene rings is 1. The number of rotatable bonds is 3. The summed E-state index contributed by atoms with van der Waals surface area (Å²) in [6, 6.07) is 7.68. The van der Waals surface area contributed by atoms with Gasteiger partial charge in [-0.25, -0.2) is 0 Å². The van der Waals surface area contributed by atoms with Crippen LogP contribution in [0.2, 0.25) is 5.02 Å². The molecule has 0 saturated carbocycles. The first-order valence-corrected chi connectivity index (χ1v) is 5.87. The molecule has 0 fully saturated rings. The Morgan fingerprint density at radius 2 is 1.94 bits per heavy atom. The van der Waals surface area contributed by atoms with Gasteiger partial charge in [0.1, 0.15) is 5.84 Å². The van der Waals surface area contributed by atoms with Crippen molar-refractivity contribution in [1.82, 2.24) is 5.32 Å². The van der Waals surface area contributed by atoms with Crippen LogP contribution in [0.1, 0.15) is 32.4 Å². The van der Waals surface area contributed by atoms with E-state index in [0.29, 0.717) is 16.8 Å². The summed E-state index contributed by atoms with van der Waals surface area (Å²) in [4.78, 5) is 4.51. The van der Waals surface area contributed by atoms with Crippen LogP contribution in [0.5, 0.6) is 0 Å². The van der Waals surface area contributed by atoms with Gasteiger partial charge >= 0.3 is 0 Å². The molecule has 1 rings (SSSR count). The van der Waals surface area contributed by atoms with E-state index in [1.54, 1.807) is 6.92 Å². The molecule has 4 heteroatoms. The van der Waals surface area contributed by atoms with Crippen LogP contribution >= 0.6 is 11.6 Å². The van der Waals surface area contributed by atoms with Crippen molar-refractivity contribution < 1.29 is 0 Å². The number of nitrogens with zero attached hydrogens (tertiary/aromatic N) is 2. The average molecular weight is 250 g/mol. The predicted molar refractivity (Wildman–Crippen MR) is 70.9 cm³/mol. The first kappa shape index (κ1) is 13.5. The van der Waals surface area contributed by atoms with E-state index in [1.165, 1.54) is 0 Å². The second-order valence-electron chi connectivity index (χ2n) is 4.19. The first-order chi connectivity index (χ1) is 8.04. The van der Waals surface area contributed by atoms with Gasteiger partial charge in [-0.05, 0) is 30.5 Å². The molecule has 0 bridgehead atoms. The zero-order valence-electron chi connectivity index (χ0n) is 10.2. The molecule has 3 nitrogen and oxygen atoms in total. The van der Waals surface area contributed by atoms with Gasteiger partial charge in [0, 0.05) is 5.02 Å². The first-order valence-electron chi connectivity index (χ1n) is 5.49. The lowest BCUT2D eigenvalue weighted by molar-refractivity contribution is 0.515. The third-order valence-corrected chi connectivity index (χ3v) is 2.66. The fourth-order valence-corrected chi connectivity index (χ4v) is 1.72. The van der Waals surface area contributed by atoms with Gasteiger partial charge in [0.05, 0.1) is 6.04 Å². The van der Waals surface area contributed by atoms with Crippen LogP contribution in [-0.2, 0) is 0 Å². The number of nitrogens with one attached hydrogen (secondary N) is 1. The minimum Gasteiger partial charge on any atom is -0.281 e. The van der Waals surface area contributed by atoms with Crippen molar-refractivity contribution in [3.63, 3.8) is 0 Å². The normalized spacial score (nSPS) is 13.3. The number of amidine groups is 1. The van der Waals surface area contributed by atoms with Crippen LogP contribution in [0.25, 0.3) is 0 Å². The van der Waals surface area contributed by atoms with Gasteiger partial charge in [0.25, 0.3) is 0 Å². The van der Waals surface area contributed by atoms with Gasteiger partial charge in [0.2, 0.25) is 0 Å². The van der Waals surface area contributed by atoms with Crippen LogP contribution in [-0.4, -0.2) is 5.84 Å². The van der Waals surface area contributed by atoms with Crippen molar-refractivity contribution in [2.45, 2.75) is 26.8 Å². The largest absolute Gasteiger partial charge is 0.281 e. The maximum atomic E-state index is 8.54. The minimum absolute atomic E-state index is 0.0353. The lowest BCUT2D eigenvalue weighted by Gasteiger charge is -2.17. The third kappa shape index (κ3) is 4.08. The molecular weight excluding hydrogens is 234 g/mol. The summed E-state index contributed by atoms with van der Waals surface area (Å²) in [7, 11) is 0. The molecule has 1 N–H and O–H groups in total. The maximum Gasteiger partial charge on any atom is 0.182 e. The smallest absolute Gasteiger partial charge is 0.182 e. The minimum atomic E-state index is 0.0353. The standard InChI is InChI=1S/C13H16ClN3/c1-9(2)13(17-10(3)16-8-15)11-4-6-12(14)7-5-11/h4-7,9,13H,1-3H3,(H,16,17)/t13-/m0/s1. The van der Waals surface area contributed by atoms with E-state index < -0.39 is 0 Å². The van der Waals surface area contributed by atoms with Gasteiger partial charge in [-0.3, -0.25) is 10.3 Å². The SMILES string of the molecule is CC(=N[C@H](c1ccc(Cl)cc1)C(C)C)NC#N.